The summed E-state index contributed by atoms with van der Waals surface area (Å²) >= 11 is 0. The smallest absolute Gasteiger partial charge is 0.246 e. The standard InChI is InChI=1S/C16H24N2O2/c1-10-7-8-13(11(2)9-10)18-14(19)12(3)17-15(20)16(4,5)6/h7-9,12H,1-6H3,(H,17,20)(H,18,19)/t12-/m0/s1. The topological polar surface area (TPSA) is 58.2 Å². The van der Waals surface area contributed by atoms with Crippen molar-refractivity contribution in [2.45, 2.75) is 47.6 Å². The van der Waals surface area contributed by atoms with Gasteiger partial charge in [-0.05, 0) is 32.4 Å². The van der Waals surface area contributed by atoms with Crippen molar-refractivity contribution >= 4 is 17.5 Å². The molecule has 0 saturated carbocycles. The first kappa shape index (κ1) is 16.2. The van der Waals surface area contributed by atoms with E-state index in [9.17, 15) is 9.59 Å². The quantitative estimate of drug-likeness (QED) is 0.892. The van der Waals surface area contributed by atoms with Crippen molar-refractivity contribution in [1.82, 2.24) is 5.32 Å². The average molecular weight is 276 g/mol. The summed E-state index contributed by atoms with van der Waals surface area (Å²) < 4.78 is 0. The summed E-state index contributed by atoms with van der Waals surface area (Å²) in [4.78, 5) is 23.9. The van der Waals surface area contributed by atoms with E-state index in [-0.39, 0.29) is 11.8 Å². The Bertz CT molecular complexity index is 516. The maximum Gasteiger partial charge on any atom is 0.246 e. The van der Waals surface area contributed by atoms with Crippen LogP contribution in [0.3, 0.4) is 0 Å². The molecule has 1 rings (SSSR count). The summed E-state index contributed by atoms with van der Waals surface area (Å²) in [5.41, 5.74) is 2.42. The third kappa shape index (κ3) is 4.37. The minimum atomic E-state index is -0.567. The molecule has 2 N–H and O–H groups in total. The van der Waals surface area contributed by atoms with Gasteiger partial charge in [-0.15, -0.1) is 0 Å². The molecule has 1 aromatic rings. The van der Waals surface area contributed by atoms with E-state index >= 15 is 0 Å². The van der Waals surface area contributed by atoms with Crippen LogP contribution in [-0.2, 0) is 9.59 Å². The van der Waals surface area contributed by atoms with Crippen LogP contribution >= 0.6 is 0 Å². The molecule has 0 saturated heterocycles. The Morgan fingerprint density at radius 2 is 1.75 bits per heavy atom. The van der Waals surface area contributed by atoms with Gasteiger partial charge in [-0.25, -0.2) is 0 Å². The van der Waals surface area contributed by atoms with E-state index in [1.807, 2.05) is 52.8 Å². The second-order valence-corrected chi connectivity index (χ2v) is 6.25. The van der Waals surface area contributed by atoms with E-state index < -0.39 is 11.5 Å². The lowest BCUT2D eigenvalue weighted by Gasteiger charge is -2.21. The summed E-state index contributed by atoms with van der Waals surface area (Å²) in [7, 11) is 0. The predicted molar refractivity (Wildman–Crippen MR) is 81.6 cm³/mol. The molecule has 0 aliphatic heterocycles. The minimum Gasteiger partial charge on any atom is -0.344 e. The normalized spacial score (nSPS) is 12.7. The number of nitrogens with one attached hydrogen (secondary N) is 2. The zero-order valence-electron chi connectivity index (χ0n) is 13.1. The van der Waals surface area contributed by atoms with Crippen molar-refractivity contribution in [1.29, 1.82) is 0 Å². The minimum absolute atomic E-state index is 0.138. The molecule has 0 heterocycles. The van der Waals surface area contributed by atoms with Gasteiger partial charge in [0, 0.05) is 11.1 Å². The number of aryl methyl sites for hydroxylation is 2. The van der Waals surface area contributed by atoms with Gasteiger partial charge >= 0.3 is 0 Å². The number of hydrogen-bond donors (Lipinski definition) is 2. The first-order valence-corrected chi connectivity index (χ1v) is 6.80. The Kier molecular flexibility index (Phi) is 4.93. The molecule has 0 bridgehead atoms. The van der Waals surface area contributed by atoms with E-state index in [1.54, 1.807) is 6.92 Å². The summed E-state index contributed by atoms with van der Waals surface area (Å²) in [6.07, 6.45) is 0. The number of carbonyl (C=O) groups is 2. The van der Waals surface area contributed by atoms with Gasteiger partial charge in [-0.1, -0.05) is 38.5 Å². The van der Waals surface area contributed by atoms with Crippen LogP contribution in [0.2, 0.25) is 0 Å². The summed E-state index contributed by atoms with van der Waals surface area (Å²) in [5, 5.41) is 5.56. The van der Waals surface area contributed by atoms with Crippen molar-refractivity contribution in [2.24, 2.45) is 5.41 Å². The maximum atomic E-state index is 12.1. The molecule has 1 aromatic carbocycles. The molecule has 4 nitrogen and oxygen atoms in total. The second-order valence-electron chi connectivity index (χ2n) is 6.25. The highest BCUT2D eigenvalue weighted by Crippen LogP contribution is 2.17. The molecule has 20 heavy (non-hydrogen) atoms. The first-order valence-electron chi connectivity index (χ1n) is 6.80. The molecule has 0 radical (unpaired) electrons. The van der Waals surface area contributed by atoms with Crippen LogP contribution in [0, 0.1) is 19.3 Å². The molecular weight excluding hydrogens is 252 g/mol. The lowest BCUT2D eigenvalue weighted by Crippen LogP contribution is -2.46. The van der Waals surface area contributed by atoms with Gasteiger partial charge in [0.1, 0.15) is 6.04 Å². The van der Waals surface area contributed by atoms with E-state index in [4.69, 9.17) is 0 Å². The Labute approximate surface area is 121 Å². The second kappa shape index (κ2) is 6.07. The number of hydrogen-bond acceptors (Lipinski definition) is 2. The highest BCUT2D eigenvalue weighted by molar-refractivity contribution is 5.98. The van der Waals surface area contributed by atoms with Crippen molar-refractivity contribution in [3.8, 4) is 0 Å². The molecule has 110 valence electrons. The molecule has 4 heteroatoms. The molecule has 2 amide bonds. The zero-order valence-corrected chi connectivity index (χ0v) is 13.1. The van der Waals surface area contributed by atoms with Gasteiger partial charge in [0.15, 0.2) is 0 Å². The van der Waals surface area contributed by atoms with Gasteiger partial charge in [-0.2, -0.15) is 0 Å². The van der Waals surface area contributed by atoms with Crippen molar-refractivity contribution in [3.63, 3.8) is 0 Å². The SMILES string of the molecule is Cc1ccc(NC(=O)[C@H](C)NC(=O)C(C)(C)C)c(C)c1. The van der Waals surface area contributed by atoms with Gasteiger partial charge in [0.25, 0.3) is 0 Å². The molecule has 0 unspecified atom stereocenters. The fraction of sp³-hybridized carbons (Fsp3) is 0.500. The predicted octanol–water partition coefficient (Wildman–Crippen LogP) is 2.79. The van der Waals surface area contributed by atoms with Crippen LogP contribution in [0.1, 0.15) is 38.8 Å². The van der Waals surface area contributed by atoms with E-state index in [2.05, 4.69) is 10.6 Å². The molecule has 0 aliphatic rings. The zero-order chi connectivity index (χ0) is 15.5. The summed E-state index contributed by atoms with van der Waals surface area (Å²) in [6.45, 7) is 11.1. The highest BCUT2D eigenvalue weighted by Gasteiger charge is 2.25. The third-order valence-electron chi connectivity index (χ3n) is 3.06. The molecular formula is C16H24N2O2. The highest BCUT2D eigenvalue weighted by atomic mass is 16.2. The van der Waals surface area contributed by atoms with Crippen LogP contribution in [0.25, 0.3) is 0 Å². The first-order chi connectivity index (χ1) is 9.11. The Balaban J connectivity index is 2.69. The largest absolute Gasteiger partial charge is 0.344 e. The number of rotatable bonds is 3. The van der Waals surface area contributed by atoms with E-state index in [1.165, 1.54) is 0 Å². The number of anilines is 1. The fourth-order valence-corrected chi connectivity index (χ4v) is 1.67. The Hall–Kier alpha value is -1.84. The van der Waals surface area contributed by atoms with Gasteiger partial charge in [0.05, 0.1) is 0 Å². The third-order valence-corrected chi connectivity index (χ3v) is 3.06. The van der Waals surface area contributed by atoms with Gasteiger partial charge < -0.3 is 10.6 Å². The Morgan fingerprint density at radius 3 is 2.25 bits per heavy atom. The molecule has 1 atom stereocenters. The maximum absolute atomic E-state index is 12.1. The summed E-state index contributed by atoms with van der Waals surface area (Å²) in [5.74, 6) is -0.352. The lowest BCUT2D eigenvalue weighted by atomic mass is 9.95. The van der Waals surface area contributed by atoms with E-state index in [0.29, 0.717) is 0 Å². The van der Waals surface area contributed by atoms with Crippen molar-refractivity contribution in [3.05, 3.63) is 29.3 Å². The van der Waals surface area contributed by atoms with Gasteiger partial charge in [0.2, 0.25) is 11.8 Å². The Morgan fingerprint density at radius 1 is 1.15 bits per heavy atom. The molecule has 0 aliphatic carbocycles. The average Bonchev–Trinajstić information content (AvgIpc) is 2.31. The number of carbonyl (C=O) groups excluding carboxylic acids is 2. The lowest BCUT2D eigenvalue weighted by molar-refractivity contribution is -0.131. The number of amides is 2. The van der Waals surface area contributed by atoms with Gasteiger partial charge in [-0.3, -0.25) is 9.59 Å². The summed E-state index contributed by atoms with van der Waals surface area (Å²) in [6, 6.07) is 5.26. The van der Waals surface area contributed by atoms with Crippen LogP contribution in [0.4, 0.5) is 5.69 Å². The fourth-order valence-electron chi connectivity index (χ4n) is 1.67. The van der Waals surface area contributed by atoms with E-state index in [0.717, 1.165) is 16.8 Å². The number of benzene rings is 1. The van der Waals surface area contributed by atoms with Crippen LogP contribution in [-0.4, -0.2) is 17.9 Å². The van der Waals surface area contributed by atoms with Crippen molar-refractivity contribution < 1.29 is 9.59 Å². The van der Waals surface area contributed by atoms with Crippen LogP contribution in [0.15, 0.2) is 18.2 Å². The van der Waals surface area contributed by atoms with Crippen LogP contribution in [0.5, 0.6) is 0 Å². The molecule has 0 aromatic heterocycles. The molecule has 0 spiro atoms. The van der Waals surface area contributed by atoms with Crippen LogP contribution < -0.4 is 10.6 Å². The molecule has 0 fully saturated rings. The van der Waals surface area contributed by atoms with Crippen molar-refractivity contribution in [2.75, 3.05) is 5.32 Å². The monoisotopic (exact) mass is 276 g/mol.